The second-order valence-corrected chi connectivity index (χ2v) is 11.5. The van der Waals surface area contributed by atoms with E-state index in [1.165, 1.54) is 22.3 Å². The van der Waals surface area contributed by atoms with Crippen LogP contribution in [0.2, 0.25) is 5.02 Å². The van der Waals surface area contributed by atoms with Gasteiger partial charge in [0.2, 0.25) is 5.95 Å². The van der Waals surface area contributed by atoms with Crippen LogP contribution in [0.1, 0.15) is 23.9 Å². The average Bonchev–Trinajstić information content (AvgIpc) is 3.33. The van der Waals surface area contributed by atoms with Crippen molar-refractivity contribution in [2.24, 2.45) is 0 Å². The maximum absolute atomic E-state index is 6.71. The molecule has 9 heteroatoms. The zero-order chi connectivity index (χ0) is 26.0. The Morgan fingerprint density at radius 1 is 0.974 bits per heavy atom. The van der Waals surface area contributed by atoms with Crippen molar-refractivity contribution < 1.29 is 0 Å². The van der Waals surface area contributed by atoms with Gasteiger partial charge in [-0.05, 0) is 45.0 Å². The quantitative estimate of drug-likeness (QED) is 0.393. The van der Waals surface area contributed by atoms with Crippen LogP contribution in [0.3, 0.4) is 0 Å². The molecule has 2 aromatic carbocycles. The van der Waals surface area contributed by atoms with Gasteiger partial charge in [-0.25, -0.2) is 9.97 Å². The summed E-state index contributed by atoms with van der Waals surface area (Å²) in [5, 5.41) is 3.07. The van der Waals surface area contributed by atoms with Gasteiger partial charge in [0, 0.05) is 61.1 Å². The third-order valence-electron chi connectivity index (χ3n) is 8.48. The highest BCUT2D eigenvalue weighted by atomic mass is 35.5. The fourth-order valence-corrected chi connectivity index (χ4v) is 6.39. The number of rotatable bonds is 4. The van der Waals surface area contributed by atoms with Gasteiger partial charge in [-0.2, -0.15) is 4.98 Å². The first-order valence-electron chi connectivity index (χ1n) is 13.5. The molecule has 0 spiro atoms. The van der Waals surface area contributed by atoms with Crippen LogP contribution in [-0.4, -0.2) is 70.2 Å². The second kappa shape index (κ2) is 9.13. The first kappa shape index (κ1) is 23.7. The van der Waals surface area contributed by atoms with E-state index < -0.39 is 0 Å². The highest BCUT2D eigenvalue weighted by molar-refractivity contribution is 6.36. The number of halogens is 1. The second-order valence-electron chi connectivity index (χ2n) is 11.1. The van der Waals surface area contributed by atoms with Crippen molar-refractivity contribution in [3.63, 3.8) is 0 Å². The summed E-state index contributed by atoms with van der Waals surface area (Å²) < 4.78 is 2.26. The summed E-state index contributed by atoms with van der Waals surface area (Å²) in [5.74, 6) is 1.94. The minimum absolute atomic E-state index is 0.323. The average molecular weight is 529 g/mol. The number of anilines is 3. The Morgan fingerprint density at radius 2 is 1.79 bits per heavy atom. The number of nitrogens with zero attached hydrogens (tertiary/aromatic N) is 8. The van der Waals surface area contributed by atoms with Gasteiger partial charge in [0.25, 0.3) is 0 Å². The normalized spacial score (nSPS) is 19.6. The molecule has 196 valence electrons. The van der Waals surface area contributed by atoms with Gasteiger partial charge in [-0.15, -0.1) is 0 Å². The van der Waals surface area contributed by atoms with E-state index in [0.29, 0.717) is 12.1 Å². The largest absolute Gasteiger partial charge is 0.365 e. The molecule has 0 N–H and O–H groups in total. The number of hydrogen-bond donors (Lipinski definition) is 0. The molecule has 1 saturated heterocycles. The summed E-state index contributed by atoms with van der Waals surface area (Å²) in [5.41, 5.74) is 4.81. The first-order chi connectivity index (χ1) is 18.5. The number of imidazole rings is 1. The molecule has 1 fully saturated rings. The fourth-order valence-electron chi connectivity index (χ4n) is 6.11. The predicted molar refractivity (Wildman–Crippen MR) is 153 cm³/mol. The Bertz CT molecular complexity index is 1500. The summed E-state index contributed by atoms with van der Waals surface area (Å²) in [6.07, 6.45) is 4.82. The number of likely N-dealkylation sites (N-methyl/N-ethyl adjacent to an activating group) is 1. The number of benzene rings is 2. The standard InChI is InChI=1S/C29H33ClN8/c1-19-13-37-18-31-12-21(37)16-38(19)28-23-10-11-35(26-9-5-7-20-6-4-8-24(30)27(20)26)17-25(23)32-29(33-28)36-14-22(15-36)34(2)3/h4-9,12,18-19,22H,10-11,13-17H2,1-3H3/t19-/m1/s1. The smallest absolute Gasteiger partial charge is 0.227 e. The van der Waals surface area contributed by atoms with E-state index in [1.54, 1.807) is 0 Å². The lowest BCUT2D eigenvalue weighted by molar-refractivity contribution is 0.245. The number of hydrogen-bond acceptors (Lipinski definition) is 7. The van der Waals surface area contributed by atoms with Gasteiger partial charge < -0.3 is 24.2 Å². The van der Waals surface area contributed by atoms with E-state index in [9.17, 15) is 0 Å². The Morgan fingerprint density at radius 3 is 2.61 bits per heavy atom. The van der Waals surface area contributed by atoms with Crippen molar-refractivity contribution in [1.82, 2.24) is 24.4 Å². The molecule has 7 rings (SSSR count). The lowest BCUT2D eigenvalue weighted by Gasteiger charge is -2.44. The molecule has 2 aromatic heterocycles. The van der Waals surface area contributed by atoms with Gasteiger partial charge in [-0.1, -0.05) is 35.9 Å². The third-order valence-corrected chi connectivity index (χ3v) is 8.79. The third kappa shape index (κ3) is 3.89. The molecule has 38 heavy (non-hydrogen) atoms. The summed E-state index contributed by atoms with van der Waals surface area (Å²) in [6.45, 7) is 7.57. The van der Waals surface area contributed by atoms with Gasteiger partial charge in [0.1, 0.15) is 5.82 Å². The first-order valence-corrected chi connectivity index (χ1v) is 13.8. The molecule has 8 nitrogen and oxygen atoms in total. The maximum Gasteiger partial charge on any atom is 0.227 e. The zero-order valence-corrected chi connectivity index (χ0v) is 22.9. The molecule has 0 unspecified atom stereocenters. The van der Waals surface area contributed by atoms with Crippen LogP contribution in [0.25, 0.3) is 10.8 Å². The SMILES string of the molecule is C[C@@H]1Cn2cncc2CN1c1nc(N2CC(N(C)C)C2)nc2c1CCN(c1cccc3cccc(Cl)c13)C2. The molecule has 3 aliphatic rings. The zero-order valence-electron chi connectivity index (χ0n) is 22.2. The van der Waals surface area contributed by atoms with Crippen molar-refractivity contribution in [1.29, 1.82) is 0 Å². The van der Waals surface area contributed by atoms with Gasteiger partial charge >= 0.3 is 0 Å². The van der Waals surface area contributed by atoms with Gasteiger partial charge in [0.05, 0.1) is 35.8 Å². The van der Waals surface area contributed by atoms with Crippen LogP contribution in [0.15, 0.2) is 48.9 Å². The molecule has 1 atom stereocenters. The van der Waals surface area contributed by atoms with Crippen molar-refractivity contribution in [3.8, 4) is 0 Å². The van der Waals surface area contributed by atoms with E-state index in [1.807, 2.05) is 24.7 Å². The predicted octanol–water partition coefficient (Wildman–Crippen LogP) is 4.20. The minimum Gasteiger partial charge on any atom is -0.365 e. The highest BCUT2D eigenvalue weighted by Crippen LogP contribution is 2.38. The molecular weight excluding hydrogens is 496 g/mol. The van der Waals surface area contributed by atoms with E-state index in [2.05, 4.69) is 74.4 Å². The van der Waals surface area contributed by atoms with E-state index in [0.717, 1.165) is 73.6 Å². The van der Waals surface area contributed by atoms with Gasteiger partial charge in [-0.3, -0.25) is 0 Å². The van der Waals surface area contributed by atoms with E-state index in [-0.39, 0.29) is 0 Å². The lowest BCUT2D eigenvalue weighted by Crippen LogP contribution is -2.58. The van der Waals surface area contributed by atoms with Crippen molar-refractivity contribution in [2.45, 2.75) is 45.1 Å². The van der Waals surface area contributed by atoms with Crippen molar-refractivity contribution >= 4 is 39.8 Å². The summed E-state index contributed by atoms with van der Waals surface area (Å²) in [4.78, 5) is 24.4. The molecular formula is C29H33ClN8. The van der Waals surface area contributed by atoms with Crippen LogP contribution < -0.4 is 14.7 Å². The molecule has 0 bridgehead atoms. The molecule has 5 heterocycles. The Kier molecular flexibility index (Phi) is 5.70. The molecule has 0 saturated carbocycles. The number of aromatic nitrogens is 4. The Hall–Kier alpha value is -3.36. The molecule has 0 aliphatic carbocycles. The molecule has 0 radical (unpaired) electrons. The van der Waals surface area contributed by atoms with Gasteiger partial charge in [0.15, 0.2) is 0 Å². The van der Waals surface area contributed by atoms with E-state index in [4.69, 9.17) is 21.6 Å². The molecule has 0 amide bonds. The molecule has 3 aliphatic heterocycles. The Labute approximate surface area is 228 Å². The summed E-state index contributed by atoms with van der Waals surface area (Å²) >= 11 is 6.71. The van der Waals surface area contributed by atoms with Crippen LogP contribution >= 0.6 is 11.6 Å². The lowest BCUT2D eigenvalue weighted by atomic mass is 10.0. The maximum atomic E-state index is 6.71. The van der Waals surface area contributed by atoms with E-state index >= 15 is 0 Å². The van der Waals surface area contributed by atoms with Crippen LogP contribution in [-0.2, 0) is 26.1 Å². The Balaban J connectivity index is 1.29. The van der Waals surface area contributed by atoms with Crippen LogP contribution in [0.5, 0.6) is 0 Å². The van der Waals surface area contributed by atoms with Crippen molar-refractivity contribution in [3.05, 3.63) is 70.9 Å². The summed E-state index contributed by atoms with van der Waals surface area (Å²) in [7, 11) is 4.29. The number of fused-ring (bicyclic) bond motifs is 3. The summed E-state index contributed by atoms with van der Waals surface area (Å²) in [6, 6.07) is 13.4. The monoisotopic (exact) mass is 528 g/mol. The van der Waals surface area contributed by atoms with Crippen LogP contribution in [0, 0.1) is 0 Å². The minimum atomic E-state index is 0.323. The highest BCUT2D eigenvalue weighted by Gasteiger charge is 2.35. The van der Waals surface area contributed by atoms with Crippen molar-refractivity contribution in [2.75, 3.05) is 48.4 Å². The fraction of sp³-hybridized carbons (Fsp3) is 0.414. The topological polar surface area (TPSA) is 56.6 Å². The van der Waals surface area contributed by atoms with Crippen LogP contribution in [0.4, 0.5) is 17.5 Å². The molecule has 4 aromatic rings.